The normalized spacial score (nSPS) is 23.9. The van der Waals surface area contributed by atoms with E-state index in [1.807, 2.05) is 20.8 Å². The number of piperidine rings is 1. The van der Waals surface area contributed by atoms with Crippen molar-refractivity contribution in [3.8, 4) is 0 Å². The van der Waals surface area contributed by atoms with E-state index in [0.717, 1.165) is 45.6 Å². The molecular weight excluding hydrogens is 368 g/mol. The topological polar surface area (TPSA) is 65.1 Å². The van der Waals surface area contributed by atoms with Gasteiger partial charge in [0.15, 0.2) is 0 Å². The van der Waals surface area contributed by atoms with Crippen molar-refractivity contribution in [2.24, 2.45) is 11.3 Å². The molecule has 7 nitrogen and oxygen atoms in total. The number of amides is 2. The molecular formula is C22H42N4O3. The van der Waals surface area contributed by atoms with Gasteiger partial charge in [0.05, 0.1) is 5.41 Å². The lowest BCUT2D eigenvalue weighted by Crippen LogP contribution is -2.60. The molecule has 1 atom stereocenters. The van der Waals surface area contributed by atoms with E-state index in [2.05, 4.69) is 42.9 Å². The number of nitrogens with one attached hydrogen (secondary N) is 1. The fourth-order valence-electron chi connectivity index (χ4n) is 4.10. The first-order chi connectivity index (χ1) is 13.4. The summed E-state index contributed by atoms with van der Waals surface area (Å²) in [5, 5.41) is 3.20. The van der Waals surface area contributed by atoms with Crippen molar-refractivity contribution in [2.75, 3.05) is 52.9 Å². The second kappa shape index (κ2) is 9.65. The number of likely N-dealkylation sites (tertiary alicyclic amines) is 1. The summed E-state index contributed by atoms with van der Waals surface area (Å²) in [5.74, 6) is 0.639. The van der Waals surface area contributed by atoms with Crippen LogP contribution in [0.1, 0.15) is 54.4 Å². The zero-order chi connectivity index (χ0) is 21.8. The van der Waals surface area contributed by atoms with E-state index in [-0.39, 0.29) is 23.5 Å². The van der Waals surface area contributed by atoms with Gasteiger partial charge in [-0.3, -0.25) is 9.69 Å². The van der Waals surface area contributed by atoms with Gasteiger partial charge >= 0.3 is 6.09 Å². The van der Waals surface area contributed by atoms with Crippen molar-refractivity contribution < 1.29 is 14.3 Å². The summed E-state index contributed by atoms with van der Waals surface area (Å²) < 4.78 is 5.53. The standard InChI is InChI=1S/C22H42N4O3/c1-17(2)14-23-19(27)22(8-10-24(7)11-9-22)16-26-13-12-25(15-18(26)3)20(28)29-21(4,5)6/h17-18H,8-16H2,1-7H3,(H,23,27). The Bertz CT molecular complexity index is 565. The second-order valence-electron chi connectivity index (χ2n) is 10.4. The van der Waals surface area contributed by atoms with Gasteiger partial charge in [-0.15, -0.1) is 0 Å². The van der Waals surface area contributed by atoms with Gasteiger partial charge in [0.1, 0.15) is 5.60 Å². The van der Waals surface area contributed by atoms with Crippen molar-refractivity contribution >= 4 is 12.0 Å². The third-order valence-electron chi connectivity index (χ3n) is 6.02. The van der Waals surface area contributed by atoms with Crippen LogP contribution in [0.15, 0.2) is 0 Å². The van der Waals surface area contributed by atoms with Crippen LogP contribution in [0.4, 0.5) is 4.79 Å². The van der Waals surface area contributed by atoms with Crippen molar-refractivity contribution in [1.29, 1.82) is 0 Å². The summed E-state index contributed by atoms with van der Waals surface area (Å²) in [6, 6.07) is 0.200. The predicted octanol–water partition coefficient (Wildman–Crippen LogP) is 2.41. The summed E-state index contributed by atoms with van der Waals surface area (Å²) >= 11 is 0. The van der Waals surface area contributed by atoms with E-state index in [1.54, 1.807) is 4.90 Å². The van der Waals surface area contributed by atoms with E-state index in [9.17, 15) is 9.59 Å². The molecule has 29 heavy (non-hydrogen) atoms. The molecule has 2 aliphatic rings. The van der Waals surface area contributed by atoms with Gasteiger partial charge in [-0.25, -0.2) is 4.79 Å². The Morgan fingerprint density at radius 3 is 2.28 bits per heavy atom. The molecule has 0 radical (unpaired) electrons. The molecule has 7 heteroatoms. The number of ether oxygens (including phenoxy) is 1. The van der Waals surface area contributed by atoms with Crippen LogP contribution in [0.2, 0.25) is 0 Å². The fourth-order valence-corrected chi connectivity index (χ4v) is 4.10. The van der Waals surface area contributed by atoms with E-state index < -0.39 is 5.60 Å². The van der Waals surface area contributed by atoms with E-state index in [0.29, 0.717) is 19.0 Å². The van der Waals surface area contributed by atoms with Crippen LogP contribution in [0, 0.1) is 11.3 Å². The average Bonchev–Trinajstić information content (AvgIpc) is 2.61. The number of carbonyl (C=O) groups is 2. The summed E-state index contributed by atoms with van der Waals surface area (Å²) in [6.45, 7) is 17.5. The highest BCUT2D eigenvalue weighted by molar-refractivity contribution is 5.83. The lowest BCUT2D eigenvalue weighted by Gasteiger charge is -2.47. The van der Waals surface area contributed by atoms with Crippen LogP contribution in [-0.2, 0) is 9.53 Å². The Morgan fingerprint density at radius 2 is 1.76 bits per heavy atom. The molecule has 2 heterocycles. The molecule has 2 saturated heterocycles. The number of carbonyl (C=O) groups excluding carboxylic acids is 2. The minimum atomic E-state index is -0.482. The maximum Gasteiger partial charge on any atom is 0.410 e. The van der Waals surface area contributed by atoms with Crippen LogP contribution in [0.25, 0.3) is 0 Å². The Labute approximate surface area is 177 Å². The number of rotatable bonds is 5. The van der Waals surface area contributed by atoms with Crippen molar-refractivity contribution in [2.45, 2.75) is 66.0 Å². The van der Waals surface area contributed by atoms with Crippen molar-refractivity contribution in [3.05, 3.63) is 0 Å². The third-order valence-corrected chi connectivity index (χ3v) is 6.02. The summed E-state index contributed by atoms with van der Waals surface area (Å²) in [7, 11) is 2.12. The zero-order valence-corrected chi connectivity index (χ0v) is 19.6. The molecule has 0 aromatic rings. The first kappa shape index (κ1) is 23.9. The molecule has 1 N–H and O–H groups in total. The highest BCUT2D eigenvalue weighted by atomic mass is 16.6. The van der Waals surface area contributed by atoms with Gasteiger partial charge in [0.25, 0.3) is 0 Å². The lowest BCUT2D eigenvalue weighted by atomic mass is 9.76. The summed E-state index contributed by atoms with van der Waals surface area (Å²) in [4.78, 5) is 32.1. The van der Waals surface area contributed by atoms with Gasteiger partial charge in [-0.05, 0) is 66.6 Å². The largest absolute Gasteiger partial charge is 0.444 e. The van der Waals surface area contributed by atoms with Gasteiger partial charge in [-0.1, -0.05) is 13.8 Å². The van der Waals surface area contributed by atoms with Gasteiger partial charge in [-0.2, -0.15) is 0 Å². The Morgan fingerprint density at radius 1 is 1.14 bits per heavy atom. The maximum absolute atomic E-state index is 13.2. The van der Waals surface area contributed by atoms with E-state index in [4.69, 9.17) is 4.74 Å². The highest BCUT2D eigenvalue weighted by Crippen LogP contribution is 2.34. The molecule has 0 spiro atoms. The molecule has 2 fully saturated rings. The zero-order valence-electron chi connectivity index (χ0n) is 19.6. The smallest absolute Gasteiger partial charge is 0.410 e. The number of hydrogen-bond donors (Lipinski definition) is 1. The first-order valence-electron chi connectivity index (χ1n) is 11.1. The Hall–Kier alpha value is -1.34. The van der Waals surface area contributed by atoms with E-state index >= 15 is 0 Å². The number of hydrogen-bond acceptors (Lipinski definition) is 5. The highest BCUT2D eigenvalue weighted by Gasteiger charge is 2.43. The van der Waals surface area contributed by atoms with Gasteiger partial charge in [0.2, 0.25) is 5.91 Å². The SMILES string of the molecule is CC(C)CNC(=O)C1(CN2CCN(C(=O)OC(C)(C)C)CC2C)CCN(C)CC1. The summed E-state index contributed by atoms with van der Waals surface area (Å²) in [6.07, 6.45) is 1.52. The number of nitrogens with zero attached hydrogens (tertiary/aromatic N) is 3. The van der Waals surface area contributed by atoms with Crippen LogP contribution in [0.5, 0.6) is 0 Å². The molecule has 0 aromatic heterocycles. The third kappa shape index (κ3) is 6.85. The minimum absolute atomic E-state index is 0.195. The molecule has 0 saturated carbocycles. The molecule has 2 rings (SSSR count). The fraction of sp³-hybridized carbons (Fsp3) is 0.909. The molecule has 1 unspecified atom stereocenters. The van der Waals surface area contributed by atoms with Crippen LogP contribution < -0.4 is 5.32 Å². The Balaban J connectivity index is 2.02. The average molecular weight is 411 g/mol. The number of piperazine rings is 1. The van der Waals surface area contributed by atoms with Crippen molar-refractivity contribution in [3.63, 3.8) is 0 Å². The van der Waals surface area contributed by atoms with Crippen molar-refractivity contribution in [1.82, 2.24) is 20.0 Å². The predicted molar refractivity (Wildman–Crippen MR) is 116 cm³/mol. The first-order valence-corrected chi connectivity index (χ1v) is 11.1. The summed E-state index contributed by atoms with van der Waals surface area (Å²) in [5.41, 5.74) is -0.826. The molecule has 0 aliphatic carbocycles. The molecule has 2 amide bonds. The lowest BCUT2D eigenvalue weighted by molar-refractivity contribution is -0.136. The second-order valence-corrected chi connectivity index (χ2v) is 10.4. The molecule has 0 aromatic carbocycles. The quantitative estimate of drug-likeness (QED) is 0.754. The maximum atomic E-state index is 13.2. The van der Waals surface area contributed by atoms with Crippen LogP contribution in [-0.4, -0.2) is 91.2 Å². The van der Waals surface area contributed by atoms with Crippen LogP contribution in [0.3, 0.4) is 0 Å². The molecule has 2 aliphatic heterocycles. The van der Waals surface area contributed by atoms with Crippen LogP contribution >= 0.6 is 0 Å². The van der Waals surface area contributed by atoms with Gasteiger partial charge < -0.3 is 19.9 Å². The Kier molecular flexibility index (Phi) is 7.96. The van der Waals surface area contributed by atoms with E-state index in [1.165, 1.54) is 0 Å². The minimum Gasteiger partial charge on any atom is -0.444 e. The molecule has 168 valence electrons. The molecule has 0 bridgehead atoms. The van der Waals surface area contributed by atoms with Gasteiger partial charge in [0, 0.05) is 38.8 Å². The monoisotopic (exact) mass is 410 g/mol.